The number of fused-ring (bicyclic) bond motifs is 1. The maximum atomic E-state index is 15.3. The fourth-order valence-corrected chi connectivity index (χ4v) is 3.75. The summed E-state index contributed by atoms with van der Waals surface area (Å²) in [6.45, 7) is 1.48. The van der Waals surface area contributed by atoms with Crippen molar-refractivity contribution in [2.45, 2.75) is 6.04 Å². The first-order chi connectivity index (χ1) is 14.6. The van der Waals surface area contributed by atoms with Crippen molar-refractivity contribution in [3.05, 3.63) is 78.2 Å². The van der Waals surface area contributed by atoms with E-state index in [0.717, 1.165) is 24.2 Å². The molecule has 30 heavy (non-hydrogen) atoms. The Kier molecular flexibility index (Phi) is 4.52. The number of likely N-dealkylation sites (N-methyl/N-ethyl adjacent to an activating group) is 1. The summed E-state index contributed by atoms with van der Waals surface area (Å²) in [4.78, 5) is 19.2. The molecule has 1 saturated heterocycles. The van der Waals surface area contributed by atoms with Crippen LogP contribution < -0.4 is 5.32 Å². The van der Waals surface area contributed by atoms with Gasteiger partial charge in [-0.1, -0.05) is 60.7 Å². The minimum Gasteiger partial charge on any atom is -0.345 e. The second-order valence-corrected chi connectivity index (χ2v) is 7.55. The molecule has 0 spiro atoms. The van der Waals surface area contributed by atoms with Crippen LogP contribution in [0.5, 0.6) is 0 Å². The smallest absolute Gasteiger partial charge is 0.275 e. The van der Waals surface area contributed by atoms with Crippen LogP contribution in [0.15, 0.2) is 66.7 Å². The molecule has 0 bridgehead atoms. The standard InChI is InChI=1S/C23H20FN5O/c1-28-13-17(14-28)25-23(30)21-20(24)22-26-18(15-8-4-2-5-9-15)12-19(29(22)27-21)16-10-6-3-7-11-16/h2-12,17H,13-14H2,1H3,(H,25,30). The van der Waals surface area contributed by atoms with Gasteiger partial charge < -0.3 is 10.2 Å². The van der Waals surface area contributed by atoms with E-state index in [9.17, 15) is 4.79 Å². The fraction of sp³-hybridized carbons (Fsp3) is 0.174. The molecule has 0 radical (unpaired) electrons. The number of carbonyl (C=O) groups excluding carboxylic acids is 1. The van der Waals surface area contributed by atoms with Crippen LogP contribution in [0.1, 0.15) is 10.5 Å². The highest BCUT2D eigenvalue weighted by Gasteiger charge is 2.29. The normalized spacial score (nSPS) is 14.6. The van der Waals surface area contributed by atoms with Gasteiger partial charge in [-0.15, -0.1) is 0 Å². The molecule has 150 valence electrons. The van der Waals surface area contributed by atoms with Gasteiger partial charge in [0.15, 0.2) is 11.3 Å². The predicted octanol–water partition coefficient (Wildman–Crippen LogP) is 3.25. The maximum absolute atomic E-state index is 15.3. The third kappa shape index (κ3) is 3.23. The van der Waals surface area contributed by atoms with E-state index in [1.165, 1.54) is 4.52 Å². The largest absolute Gasteiger partial charge is 0.345 e. The van der Waals surface area contributed by atoms with Crippen LogP contribution >= 0.6 is 0 Å². The second-order valence-electron chi connectivity index (χ2n) is 7.55. The number of halogens is 1. The predicted molar refractivity (Wildman–Crippen MR) is 113 cm³/mol. The number of hydrogen-bond donors (Lipinski definition) is 1. The lowest BCUT2D eigenvalue weighted by molar-refractivity contribution is 0.0848. The topological polar surface area (TPSA) is 62.5 Å². The van der Waals surface area contributed by atoms with Crippen molar-refractivity contribution in [3.63, 3.8) is 0 Å². The molecule has 3 heterocycles. The molecule has 0 saturated carbocycles. The minimum atomic E-state index is -0.713. The highest BCUT2D eigenvalue weighted by atomic mass is 19.1. The van der Waals surface area contributed by atoms with E-state index in [0.29, 0.717) is 11.4 Å². The fourth-order valence-electron chi connectivity index (χ4n) is 3.75. The molecule has 4 aromatic rings. The van der Waals surface area contributed by atoms with Gasteiger partial charge in [0.05, 0.1) is 17.4 Å². The molecule has 7 heteroatoms. The van der Waals surface area contributed by atoms with Gasteiger partial charge in [-0.25, -0.2) is 13.9 Å². The molecule has 0 unspecified atom stereocenters. The van der Waals surface area contributed by atoms with Crippen molar-refractivity contribution >= 4 is 11.6 Å². The molecule has 0 aliphatic carbocycles. The van der Waals surface area contributed by atoms with Crippen LogP contribution in [0.25, 0.3) is 28.2 Å². The summed E-state index contributed by atoms with van der Waals surface area (Å²) in [6.07, 6.45) is 0. The van der Waals surface area contributed by atoms with Gasteiger partial charge in [0.2, 0.25) is 5.82 Å². The Labute approximate surface area is 173 Å². The van der Waals surface area contributed by atoms with Gasteiger partial charge in [-0.2, -0.15) is 5.10 Å². The summed E-state index contributed by atoms with van der Waals surface area (Å²) < 4.78 is 16.7. The molecule has 1 N–H and O–H groups in total. The molecular weight excluding hydrogens is 381 g/mol. The summed E-state index contributed by atoms with van der Waals surface area (Å²) in [6, 6.07) is 21.0. The number of aromatic nitrogens is 3. The molecule has 6 nitrogen and oxygen atoms in total. The van der Waals surface area contributed by atoms with Crippen molar-refractivity contribution < 1.29 is 9.18 Å². The third-order valence-corrected chi connectivity index (χ3v) is 5.29. The van der Waals surface area contributed by atoms with Gasteiger partial charge in [0.25, 0.3) is 5.91 Å². The number of nitrogens with zero attached hydrogens (tertiary/aromatic N) is 4. The van der Waals surface area contributed by atoms with Crippen LogP contribution in [0.4, 0.5) is 4.39 Å². The van der Waals surface area contributed by atoms with E-state index < -0.39 is 11.7 Å². The Morgan fingerprint density at radius 1 is 1.03 bits per heavy atom. The van der Waals surface area contributed by atoms with Crippen LogP contribution in [-0.4, -0.2) is 51.6 Å². The molecule has 1 aliphatic rings. The Balaban J connectivity index is 1.65. The van der Waals surface area contributed by atoms with Crippen LogP contribution in [0, 0.1) is 5.82 Å². The van der Waals surface area contributed by atoms with Crippen molar-refractivity contribution in [2.75, 3.05) is 20.1 Å². The number of amides is 1. The van der Waals surface area contributed by atoms with E-state index in [1.807, 2.05) is 73.8 Å². The first kappa shape index (κ1) is 18.4. The van der Waals surface area contributed by atoms with E-state index >= 15 is 4.39 Å². The van der Waals surface area contributed by atoms with E-state index in [-0.39, 0.29) is 17.4 Å². The third-order valence-electron chi connectivity index (χ3n) is 5.29. The van der Waals surface area contributed by atoms with E-state index in [1.54, 1.807) is 0 Å². The Bertz CT molecular complexity index is 1220. The van der Waals surface area contributed by atoms with Gasteiger partial charge >= 0.3 is 0 Å². The lowest BCUT2D eigenvalue weighted by atomic mass is 10.1. The zero-order valence-corrected chi connectivity index (χ0v) is 16.4. The number of carbonyl (C=O) groups is 1. The lowest BCUT2D eigenvalue weighted by Gasteiger charge is -2.36. The Morgan fingerprint density at radius 2 is 1.67 bits per heavy atom. The highest BCUT2D eigenvalue weighted by Crippen LogP contribution is 2.28. The summed E-state index contributed by atoms with van der Waals surface area (Å²) in [5, 5.41) is 7.15. The molecule has 0 atom stereocenters. The monoisotopic (exact) mass is 401 g/mol. The number of hydrogen-bond acceptors (Lipinski definition) is 4. The number of rotatable bonds is 4. The molecule has 5 rings (SSSR count). The molecule has 2 aromatic carbocycles. The quantitative estimate of drug-likeness (QED) is 0.570. The van der Waals surface area contributed by atoms with Gasteiger partial charge in [0.1, 0.15) is 0 Å². The highest BCUT2D eigenvalue weighted by molar-refractivity contribution is 5.94. The van der Waals surface area contributed by atoms with Crippen LogP contribution in [0.2, 0.25) is 0 Å². The number of likely N-dealkylation sites (tertiary alicyclic amines) is 1. The average molecular weight is 401 g/mol. The number of benzene rings is 2. The summed E-state index contributed by atoms with van der Waals surface area (Å²) >= 11 is 0. The molecular formula is C23H20FN5O. The molecule has 1 aliphatic heterocycles. The zero-order chi connectivity index (χ0) is 20.7. The zero-order valence-electron chi connectivity index (χ0n) is 16.4. The second kappa shape index (κ2) is 7.35. The van der Waals surface area contributed by atoms with Gasteiger partial charge in [0, 0.05) is 24.2 Å². The maximum Gasteiger partial charge on any atom is 0.275 e. The minimum absolute atomic E-state index is 0.00754. The summed E-state index contributed by atoms with van der Waals surface area (Å²) in [5.74, 6) is -1.23. The molecule has 2 aromatic heterocycles. The van der Waals surface area contributed by atoms with E-state index in [4.69, 9.17) is 0 Å². The number of nitrogens with one attached hydrogen (secondary N) is 1. The molecule has 1 amide bonds. The van der Waals surface area contributed by atoms with Crippen molar-refractivity contribution in [2.24, 2.45) is 0 Å². The Morgan fingerprint density at radius 3 is 2.30 bits per heavy atom. The van der Waals surface area contributed by atoms with Crippen molar-refractivity contribution in [1.82, 2.24) is 24.8 Å². The SMILES string of the molecule is CN1CC(NC(=O)c2nn3c(-c4ccccc4)cc(-c4ccccc4)nc3c2F)C1. The van der Waals surface area contributed by atoms with Crippen LogP contribution in [-0.2, 0) is 0 Å². The summed E-state index contributed by atoms with van der Waals surface area (Å²) in [5.41, 5.74) is 2.80. The van der Waals surface area contributed by atoms with Crippen molar-refractivity contribution in [3.8, 4) is 22.5 Å². The average Bonchev–Trinajstić information content (AvgIpc) is 3.10. The van der Waals surface area contributed by atoms with Gasteiger partial charge in [-0.3, -0.25) is 4.79 Å². The Hall–Kier alpha value is -3.58. The molecule has 1 fully saturated rings. The lowest BCUT2D eigenvalue weighted by Crippen LogP contribution is -2.57. The first-order valence-electron chi connectivity index (χ1n) is 9.79. The first-order valence-corrected chi connectivity index (χ1v) is 9.79. The van der Waals surface area contributed by atoms with Crippen molar-refractivity contribution in [1.29, 1.82) is 0 Å². The summed E-state index contributed by atoms with van der Waals surface area (Å²) in [7, 11) is 1.97. The van der Waals surface area contributed by atoms with Crippen LogP contribution in [0.3, 0.4) is 0 Å². The van der Waals surface area contributed by atoms with E-state index in [2.05, 4.69) is 20.3 Å². The van der Waals surface area contributed by atoms with Gasteiger partial charge in [-0.05, 0) is 13.1 Å².